The second-order valence-corrected chi connectivity index (χ2v) is 1.65. The van der Waals surface area contributed by atoms with Crippen molar-refractivity contribution in [3.63, 3.8) is 0 Å². The number of hydrogen-bond donors (Lipinski definition) is 2. The van der Waals surface area contributed by atoms with Crippen molar-refractivity contribution >= 4 is 0 Å². The normalized spacial score (nSPS) is 12.3. The van der Waals surface area contributed by atoms with Gasteiger partial charge < -0.3 is 14.9 Å². The van der Waals surface area contributed by atoms with Crippen LogP contribution in [0.25, 0.3) is 0 Å². The molecule has 1 radical (unpaired) electrons. The maximum atomic E-state index is 8.57. The summed E-state index contributed by atoms with van der Waals surface area (Å²) in [5.74, 6) is 0. The molecule has 4 heteroatoms. The molecule has 1 unspecified atom stereocenters. The first-order chi connectivity index (χ1) is 3.77. The summed E-state index contributed by atoms with van der Waals surface area (Å²) in [6.45, 7) is 2.27. The first-order valence-corrected chi connectivity index (χ1v) is 2.64. The van der Waals surface area contributed by atoms with Crippen molar-refractivity contribution in [2.45, 2.75) is 13.0 Å². The van der Waals surface area contributed by atoms with E-state index in [0.717, 1.165) is 0 Å². The van der Waals surface area contributed by atoms with E-state index in [1.54, 1.807) is 6.92 Å². The van der Waals surface area contributed by atoms with Gasteiger partial charge in [-0.25, -0.2) is 0 Å². The summed E-state index contributed by atoms with van der Waals surface area (Å²) < 4.78 is 4.74. The van der Waals surface area contributed by atoms with Gasteiger partial charge in [-0.1, -0.05) is 0 Å². The quantitative estimate of drug-likeness (QED) is 0.606. The molecule has 0 saturated carbocycles. The molecule has 0 aromatic rings. The molecule has 0 spiro atoms. The van der Waals surface area contributed by atoms with Crippen LogP contribution in [0.1, 0.15) is 6.92 Å². The fourth-order valence-electron chi connectivity index (χ4n) is 0.318. The van der Waals surface area contributed by atoms with E-state index in [-0.39, 0.29) is 39.3 Å². The Morgan fingerprint density at radius 2 is 2.11 bits per heavy atom. The van der Waals surface area contributed by atoms with E-state index in [1.807, 2.05) is 0 Å². The van der Waals surface area contributed by atoms with Crippen LogP contribution in [0.4, 0.5) is 0 Å². The molecule has 0 bridgehead atoms. The number of hydrogen-bond acceptors (Lipinski definition) is 3. The van der Waals surface area contributed by atoms with E-state index < -0.39 is 6.10 Å². The zero-order chi connectivity index (χ0) is 6.41. The predicted molar refractivity (Wildman–Crippen MR) is 29.6 cm³/mol. The minimum Gasteiger partial charge on any atom is -0.394 e. The van der Waals surface area contributed by atoms with Crippen molar-refractivity contribution in [2.24, 2.45) is 0 Å². The molecule has 3 nitrogen and oxygen atoms in total. The van der Waals surface area contributed by atoms with E-state index in [2.05, 4.69) is 0 Å². The molecule has 0 saturated heterocycles. The van der Waals surface area contributed by atoms with Gasteiger partial charge in [0.2, 0.25) is 0 Å². The smallest absolute Gasteiger partial charge is 0.0745 e. The third-order valence-electron chi connectivity index (χ3n) is 0.595. The molecule has 9 heavy (non-hydrogen) atoms. The van der Waals surface area contributed by atoms with Crippen molar-refractivity contribution in [2.75, 3.05) is 19.8 Å². The molecule has 0 aromatic heterocycles. The first-order valence-electron chi connectivity index (χ1n) is 2.64. The van der Waals surface area contributed by atoms with E-state index in [0.29, 0.717) is 13.2 Å². The van der Waals surface area contributed by atoms with Gasteiger partial charge in [-0.15, -0.1) is 0 Å². The predicted octanol–water partition coefficient (Wildman–Crippen LogP) is -0.626. The van der Waals surface area contributed by atoms with Crippen LogP contribution in [0.2, 0.25) is 0 Å². The molecule has 0 amide bonds. The molecular formula is C5H12O3Y. The van der Waals surface area contributed by atoms with Gasteiger partial charge in [0.25, 0.3) is 0 Å². The van der Waals surface area contributed by atoms with Crippen LogP contribution in [0.15, 0.2) is 0 Å². The summed E-state index contributed by atoms with van der Waals surface area (Å²) in [6, 6.07) is 0. The fourth-order valence-corrected chi connectivity index (χ4v) is 0.318. The Balaban J connectivity index is 0. The summed E-state index contributed by atoms with van der Waals surface area (Å²) in [7, 11) is 0. The van der Waals surface area contributed by atoms with E-state index >= 15 is 0 Å². The average molecular weight is 209 g/mol. The van der Waals surface area contributed by atoms with Crippen LogP contribution in [-0.2, 0) is 37.4 Å². The largest absolute Gasteiger partial charge is 0.394 e. The fraction of sp³-hybridized carbons (Fsp3) is 1.00. The van der Waals surface area contributed by atoms with Gasteiger partial charge in [0.1, 0.15) is 0 Å². The Morgan fingerprint density at radius 1 is 1.56 bits per heavy atom. The van der Waals surface area contributed by atoms with Crippen LogP contribution < -0.4 is 0 Å². The molecule has 2 N–H and O–H groups in total. The number of ether oxygens (including phenoxy) is 1. The monoisotopic (exact) mass is 209 g/mol. The van der Waals surface area contributed by atoms with Gasteiger partial charge in [-0.3, -0.25) is 0 Å². The molecule has 1 atom stereocenters. The average Bonchev–Trinajstić information content (AvgIpc) is 1.66. The zero-order valence-electron chi connectivity index (χ0n) is 5.58. The maximum Gasteiger partial charge on any atom is 0.0745 e. The van der Waals surface area contributed by atoms with Crippen LogP contribution in [-0.4, -0.2) is 36.1 Å². The third-order valence-corrected chi connectivity index (χ3v) is 0.595. The van der Waals surface area contributed by atoms with Gasteiger partial charge >= 0.3 is 0 Å². The summed E-state index contributed by atoms with van der Waals surface area (Å²) in [5.41, 5.74) is 0. The molecule has 0 aromatic carbocycles. The van der Waals surface area contributed by atoms with Crippen LogP contribution >= 0.6 is 0 Å². The number of rotatable bonds is 4. The SMILES string of the molecule is CC(O)COCCO.[Y]. The Labute approximate surface area is 80.3 Å². The topological polar surface area (TPSA) is 49.7 Å². The van der Waals surface area contributed by atoms with Crippen LogP contribution in [0.3, 0.4) is 0 Å². The molecule has 0 aliphatic heterocycles. The molecule has 0 aliphatic carbocycles. The Hall–Kier alpha value is 0.984. The minimum atomic E-state index is -0.429. The molecule has 0 aliphatic rings. The number of aliphatic hydroxyl groups is 2. The van der Waals surface area contributed by atoms with E-state index in [9.17, 15) is 0 Å². The molecule has 0 fully saturated rings. The summed E-state index contributed by atoms with van der Waals surface area (Å²) in [6.07, 6.45) is -0.429. The van der Waals surface area contributed by atoms with Gasteiger partial charge in [-0.2, -0.15) is 0 Å². The maximum absolute atomic E-state index is 8.57. The first kappa shape index (κ1) is 12.6. The van der Waals surface area contributed by atoms with Gasteiger partial charge in [0.15, 0.2) is 0 Å². The van der Waals surface area contributed by atoms with Crippen molar-refractivity contribution in [1.82, 2.24) is 0 Å². The van der Waals surface area contributed by atoms with Crippen LogP contribution in [0, 0.1) is 0 Å². The number of aliphatic hydroxyl groups excluding tert-OH is 2. The zero-order valence-corrected chi connectivity index (χ0v) is 8.42. The summed E-state index contributed by atoms with van der Waals surface area (Å²) in [4.78, 5) is 0. The Kier molecular flexibility index (Phi) is 12.6. The van der Waals surface area contributed by atoms with E-state index in [4.69, 9.17) is 14.9 Å². The van der Waals surface area contributed by atoms with Crippen LogP contribution in [0.5, 0.6) is 0 Å². The van der Waals surface area contributed by atoms with Crippen molar-refractivity contribution < 1.29 is 47.7 Å². The second kappa shape index (κ2) is 8.98. The van der Waals surface area contributed by atoms with Gasteiger partial charge in [0, 0.05) is 32.7 Å². The standard InChI is InChI=1S/C5H12O3.Y/c1-5(7)4-8-3-2-6;/h5-7H,2-4H2,1H3;. The Morgan fingerprint density at radius 3 is 2.44 bits per heavy atom. The van der Waals surface area contributed by atoms with Crippen molar-refractivity contribution in [3.8, 4) is 0 Å². The van der Waals surface area contributed by atoms with E-state index in [1.165, 1.54) is 0 Å². The molecular weight excluding hydrogens is 197 g/mol. The minimum absolute atomic E-state index is 0. The summed E-state index contributed by atoms with van der Waals surface area (Å²) >= 11 is 0. The summed E-state index contributed by atoms with van der Waals surface area (Å²) in [5, 5.41) is 16.7. The molecule has 53 valence electrons. The molecule has 0 rings (SSSR count). The van der Waals surface area contributed by atoms with Crippen molar-refractivity contribution in [3.05, 3.63) is 0 Å². The third kappa shape index (κ3) is 12.2. The van der Waals surface area contributed by atoms with Gasteiger partial charge in [-0.05, 0) is 6.92 Å². The second-order valence-electron chi connectivity index (χ2n) is 1.65. The van der Waals surface area contributed by atoms with Gasteiger partial charge in [0.05, 0.1) is 25.9 Å². The van der Waals surface area contributed by atoms with Crippen molar-refractivity contribution in [1.29, 1.82) is 0 Å². The molecule has 0 heterocycles. The Bertz CT molecular complexity index is 49.5.